The Hall–Kier alpha value is -2.55. The minimum absolute atomic E-state index is 0.221. The van der Waals surface area contributed by atoms with Crippen LogP contribution >= 0.6 is 0 Å². The van der Waals surface area contributed by atoms with Crippen molar-refractivity contribution >= 4 is 33.8 Å². The Morgan fingerprint density at radius 2 is 2.14 bits per heavy atom. The molecular weight excluding hydrogens is 264 g/mol. The van der Waals surface area contributed by atoms with E-state index in [1.807, 2.05) is 36.4 Å². The van der Waals surface area contributed by atoms with Crippen molar-refractivity contribution in [1.29, 1.82) is 0 Å². The molecule has 3 aromatic rings. The molecule has 1 heterocycles. The van der Waals surface area contributed by atoms with Crippen molar-refractivity contribution in [2.75, 3.05) is 6.61 Å². The average Bonchev–Trinajstić information content (AvgIpc) is 2.90. The van der Waals surface area contributed by atoms with E-state index in [4.69, 9.17) is 9.15 Å². The number of hydrogen-bond acceptors (Lipinski definition) is 3. The largest absolute Gasteiger partial charge is 0.466 e. The van der Waals surface area contributed by atoms with E-state index >= 15 is 0 Å². The second kappa shape index (κ2) is 5.44. The second-order valence-corrected chi connectivity index (χ2v) is 4.83. The Labute approximate surface area is 122 Å². The third kappa shape index (κ3) is 2.31. The topological polar surface area (TPSA) is 39.4 Å². The second-order valence-electron chi connectivity index (χ2n) is 4.83. The first-order valence-electron chi connectivity index (χ1n) is 6.94. The normalized spacial score (nSPS) is 10.9. The van der Waals surface area contributed by atoms with Crippen LogP contribution in [0.4, 0.5) is 0 Å². The molecule has 3 heteroatoms. The van der Waals surface area contributed by atoms with Crippen LogP contribution in [0.5, 0.6) is 0 Å². The van der Waals surface area contributed by atoms with Crippen LogP contribution in [0.3, 0.4) is 0 Å². The van der Waals surface area contributed by atoms with Crippen molar-refractivity contribution in [3.05, 3.63) is 54.3 Å². The molecule has 3 nitrogen and oxygen atoms in total. The van der Waals surface area contributed by atoms with Gasteiger partial charge in [-0.1, -0.05) is 36.9 Å². The first-order valence-corrected chi connectivity index (χ1v) is 6.94. The number of furan rings is 1. The van der Waals surface area contributed by atoms with Gasteiger partial charge < -0.3 is 9.15 Å². The standard InChI is InChI=1S/C18H16O3/c1-3-12-6-5-7-15-14(12)8-9-16-18(15)13(11-21-16)10-17(19)20-4-2/h3,5-9,11H,1,4,10H2,2H3. The Balaban J connectivity index is 2.21. The molecule has 21 heavy (non-hydrogen) atoms. The van der Waals surface area contributed by atoms with E-state index in [-0.39, 0.29) is 12.4 Å². The summed E-state index contributed by atoms with van der Waals surface area (Å²) in [6.07, 6.45) is 3.69. The van der Waals surface area contributed by atoms with Crippen LogP contribution < -0.4 is 0 Å². The maximum Gasteiger partial charge on any atom is 0.310 e. The van der Waals surface area contributed by atoms with Gasteiger partial charge in [-0.3, -0.25) is 4.79 Å². The summed E-state index contributed by atoms with van der Waals surface area (Å²) in [5, 5.41) is 3.15. The molecular formula is C18H16O3. The molecule has 2 aromatic carbocycles. The highest BCUT2D eigenvalue weighted by Crippen LogP contribution is 2.32. The van der Waals surface area contributed by atoms with E-state index in [0.717, 1.165) is 32.9 Å². The van der Waals surface area contributed by atoms with Gasteiger partial charge in [0, 0.05) is 10.9 Å². The summed E-state index contributed by atoms with van der Waals surface area (Å²) >= 11 is 0. The lowest BCUT2D eigenvalue weighted by Crippen LogP contribution is -2.06. The van der Waals surface area contributed by atoms with Crippen LogP contribution in [-0.4, -0.2) is 12.6 Å². The molecule has 0 N–H and O–H groups in total. The van der Waals surface area contributed by atoms with E-state index in [1.54, 1.807) is 13.2 Å². The molecule has 0 spiro atoms. The molecule has 0 aliphatic carbocycles. The van der Waals surface area contributed by atoms with Gasteiger partial charge in [-0.25, -0.2) is 0 Å². The molecule has 106 valence electrons. The van der Waals surface area contributed by atoms with Crippen molar-refractivity contribution in [2.24, 2.45) is 0 Å². The van der Waals surface area contributed by atoms with Gasteiger partial charge in [0.05, 0.1) is 19.3 Å². The summed E-state index contributed by atoms with van der Waals surface area (Å²) in [5.41, 5.74) is 2.70. The molecule has 0 bridgehead atoms. The fraction of sp³-hybridized carbons (Fsp3) is 0.167. The first kappa shape index (κ1) is 13.4. The van der Waals surface area contributed by atoms with Crippen molar-refractivity contribution in [3.63, 3.8) is 0 Å². The number of carbonyl (C=O) groups is 1. The highest BCUT2D eigenvalue weighted by molar-refractivity contribution is 6.10. The number of fused-ring (bicyclic) bond motifs is 3. The lowest BCUT2D eigenvalue weighted by molar-refractivity contribution is -0.142. The van der Waals surface area contributed by atoms with Crippen molar-refractivity contribution in [1.82, 2.24) is 0 Å². The number of carbonyl (C=O) groups excluding carboxylic acids is 1. The van der Waals surface area contributed by atoms with Crippen LogP contribution in [0, 0.1) is 0 Å². The predicted octanol–water partition coefficient (Wildman–Crippen LogP) is 4.33. The monoisotopic (exact) mass is 280 g/mol. The highest BCUT2D eigenvalue weighted by Gasteiger charge is 2.14. The van der Waals surface area contributed by atoms with Gasteiger partial charge in [0.15, 0.2) is 0 Å². The Morgan fingerprint density at radius 1 is 1.29 bits per heavy atom. The molecule has 0 aliphatic rings. The summed E-state index contributed by atoms with van der Waals surface area (Å²) in [7, 11) is 0. The average molecular weight is 280 g/mol. The zero-order chi connectivity index (χ0) is 14.8. The smallest absolute Gasteiger partial charge is 0.310 e. The SMILES string of the molecule is C=Cc1cccc2c1ccc1occ(CC(=O)OCC)c12. The van der Waals surface area contributed by atoms with E-state index in [1.165, 1.54) is 0 Å². The molecule has 0 aliphatic heterocycles. The molecule has 0 amide bonds. The van der Waals surface area contributed by atoms with Gasteiger partial charge in [0.25, 0.3) is 0 Å². The minimum atomic E-state index is -0.239. The summed E-state index contributed by atoms with van der Waals surface area (Å²) in [5.74, 6) is -0.239. The van der Waals surface area contributed by atoms with Gasteiger partial charge in [-0.15, -0.1) is 0 Å². The van der Waals surface area contributed by atoms with Gasteiger partial charge in [-0.2, -0.15) is 0 Å². The highest BCUT2D eigenvalue weighted by atomic mass is 16.5. The third-order valence-corrected chi connectivity index (χ3v) is 3.57. The summed E-state index contributed by atoms with van der Waals surface area (Å²) in [6.45, 7) is 6.03. The molecule has 3 rings (SSSR count). The molecule has 0 radical (unpaired) electrons. The van der Waals surface area contributed by atoms with E-state index < -0.39 is 0 Å². The number of hydrogen-bond donors (Lipinski definition) is 0. The van der Waals surface area contributed by atoms with Gasteiger partial charge in [0.2, 0.25) is 0 Å². The number of rotatable bonds is 4. The summed E-state index contributed by atoms with van der Waals surface area (Å²) in [4.78, 5) is 11.7. The van der Waals surface area contributed by atoms with Crippen LogP contribution in [-0.2, 0) is 16.0 Å². The van der Waals surface area contributed by atoms with Crippen molar-refractivity contribution < 1.29 is 13.9 Å². The maximum atomic E-state index is 11.7. The van der Waals surface area contributed by atoms with Crippen LogP contribution in [0.25, 0.3) is 27.8 Å². The van der Waals surface area contributed by atoms with E-state index in [0.29, 0.717) is 6.61 Å². The predicted molar refractivity (Wildman–Crippen MR) is 84.1 cm³/mol. The molecule has 0 fully saturated rings. The Morgan fingerprint density at radius 3 is 2.90 bits per heavy atom. The van der Waals surface area contributed by atoms with Crippen LogP contribution in [0.1, 0.15) is 18.1 Å². The molecule has 0 saturated heterocycles. The van der Waals surface area contributed by atoms with Crippen molar-refractivity contribution in [2.45, 2.75) is 13.3 Å². The van der Waals surface area contributed by atoms with Gasteiger partial charge >= 0.3 is 5.97 Å². The quantitative estimate of drug-likeness (QED) is 0.667. The van der Waals surface area contributed by atoms with Crippen LogP contribution in [0.2, 0.25) is 0 Å². The lowest BCUT2D eigenvalue weighted by Gasteiger charge is -2.05. The Kier molecular flexibility index (Phi) is 3.48. The molecule has 1 aromatic heterocycles. The first-order chi connectivity index (χ1) is 10.2. The van der Waals surface area contributed by atoms with Crippen molar-refractivity contribution in [3.8, 4) is 0 Å². The maximum absolute atomic E-state index is 11.7. The summed E-state index contributed by atoms with van der Waals surface area (Å²) in [6, 6.07) is 9.99. The summed E-state index contributed by atoms with van der Waals surface area (Å²) < 4.78 is 10.6. The van der Waals surface area contributed by atoms with Gasteiger partial charge in [-0.05, 0) is 29.3 Å². The lowest BCUT2D eigenvalue weighted by atomic mass is 9.99. The van der Waals surface area contributed by atoms with Gasteiger partial charge in [0.1, 0.15) is 5.58 Å². The molecule has 0 saturated carbocycles. The molecule has 0 unspecified atom stereocenters. The van der Waals surface area contributed by atoms with E-state index in [2.05, 4.69) is 6.58 Å². The number of esters is 1. The fourth-order valence-electron chi connectivity index (χ4n) is 2.66. The third-order valence-electron chi connectivity index (χ3n) is 3.57. The molecule has 0 atom stereocenters. The van der Waals surface area contributed by atoms with E-state index in [9.17, 15) is 4.79 Å². The number of benzene rings is 2. The Bertz CT molecular complexity index is 827. The zero-order valence-corrected chi connectivity index (χ0v) is 11.9. The van der Waals surface area contributed by atoms with Crippen LogP contribution in [0.15, 0.2) is 47.6 Å². The zero-order valence-electron chi connectivity index (χ0n) is 11.9. The minimum Gasteiger partial charge on any atom is -0.466 e. The number of ether oxygens (including phenoxy) is 1. The fourth-order valence-corrected chi connectivity index (χ4v) is 2.66.